The van der Waals surface area contributed by atoms with Gasteiger partial charge >= 0.3 is 11.6 Å². The third-order valence-corrected chi connectivity index (χ3v) is 4.18. The van der Waals surface area contributed by atoms with Crippen LogP contribution in [0.2, 0.25) is 0 Å². The Balaban J connectivity index is 1.84. The number of para-hydroxylation sites is 2. The van der Waals surface area contributed by atoms with Gasteiger partial charge in [-0.25, -0.2) is 4.98 Å². The van der Waals surface area contributed by atoms with Gasteiger partial charge in [0.15, 0.2) is 11.5 Å². The first-order valence-electron chi connectivity index (χ1n) is 8.11. The quantitative estimate of drug-likeness (QED) is 0.404. The van der Waals surface area contributed by atoms with E-state index in [1.165, 1.54) is 7.11 Å². The zero-order valence-electron chi connectivity index (χ0n) is 15.0. The highest BCUT2D eigenvalue weighted by atomic mass is 79.9. The lowest BCUT2D eigenvalue weighted by atomic mass is 10.2. The van der Waals surface area contributed by atoms with E-state index in [0.29, 0.717) is 11.3 Å². The Bertz CT molecular complexity index is 1050. The maximum atomic E-state index is 12.2. The van der Waals surface area contributed by atoms with Crippen LogP contribution in [0.3, 0.4) is 0 Å². The van der Waals surface area contributed by atoms with Crippen LogP contribution in [0.5, 0.6) is 17.4 Å². The lowest BCUT2D eigenvalue weighted by Crippen LogP contribution is -2.30. The third kappa shape index (κ3) is 4.76. The van der Waals surface area contributed by atoms with E-state index in [1.807, 2.05) is 0 Å². The van der Waals surface area contributed by atoms with Crippen molar-refractivity contribution in [3.63, 3.8) is 0 Å². The number of hydrogen-bond acceptors (Lipinski definition) is 8. The molecule has 2 N–H and O–H groups in total. The number of benzene rings is 2. The second-order valence-corrected chi connectivity index (χ2v) is 6.39. The van der Waals surface area contributed by atoms with E-state index in [2.05, 4.69) is 36.7 Å². The molecule has 0 atom stereocenters. The monoisotopic (exact) mass is 459 g/mol. The van der Waals surface area contributed by atoms with Crippen molar-refractivity contribution < 1.29 is 19.2 Å². The summed E-state index contributed by atoms with van der Waals surface area (Å²) in [4.78, 5) is 30.8. The van der Waals surface area contributed by atoms with E-state index in [1.54, 1.807) is 48.5 Å². The molecule has 3 aromatic rings. The summed E-state index contributed by atoms with van der Waals surface area (Å²) < 4.78 is 11.5. The fraction of sp³-hybridized carbons (Fsp3) is 0.0556. The lowest BCUT2D eigenvalue weighted by Gasteiger charge is -2.11. The molecule has 0 aliphatic rings. The van der Waals surface area contributed by atoms with Gasteiger partial charge in [0.05, 0.1) is 12.0 Å². The van der Waals surface area contributed by atoms with Gasteiger partial charge in [-0.3, -0.25) is 25.8 Å². The van der Waals surface area contributed by atoms with Crippen molar-refractivity contribution in [2.24, 2.45) is 0 Å². The molecule has 0 spiro atoms. The average Bonchev–Trinajstić information content (AvgIpc) is 2.72. The summed E-state index contributed by atoms with van der Waals surface area (Å²) >= 11 is 3.28. The molecule has 1 amide bonds. The number of carbonyl (C=O) groups is 1. The number of carbonyl (C=O) groups excluding carboxylic acids is 1. The normalized spacial score (nSPS) is 10.1. The number of hydrogen-bond donors (Lipinski definition) is 2. The van der Waals surface area contributed by atoms with Crippen molar-refractivity contribution in [1.82, 2.24) is 15.4 Å². The van der Waals surface area contributed by atoms with E-state index < -0.39 is 16.5 Å². The van der Waals surface area contributed by atoms with E-state index in [0.717, 1.165) is 10.8 Å². The molecule has 0 unspecified atom stereocenters. The van der Waals surface area contributed by atoms with Gasteiger partial charge in [-0.2, -0.15) is 4.98 Å². The van der Waals surface area contributed by atoms with Crippen LogP contribution < -0.4 is 20.3 Å². The number of halogens is 1. The molecule has 0 bridgehead atoms. The molecule has 0 aliphatic carbocycles. The largest absolute Gasteiger partial charge is 0.493 e. The Morgan fingerprint density at radius 2 is 1.79 bits per heavy atom. The molecular formula is C18H14BrN5O5. The predicted molar refractivity (Wildman–Crippen MR) is 107 cm³/mol. The fourth-order valence-corrected chi connectivity index (χ4v) is 2.55. The number of nitrogens with one attached hydrogen (secondary N) is 2. The van der Waals surface area contributed by atoms with Gasteiger partial charge in [0, 0.05) is 10.0 Å². The summed E-state index contributed by atoms with van der Waals surface area (Å²) in [6.07, 6.45) is 1.08. The number of methoxy groups -OCH3 is 1. The highest BCUT2D eigenvalue weighted by Gasteiger charge is 2.26. The number of nitrogens with zero attached hydrogens (tertiary/aromatic N) is 3. The van der Waals surface area contributed by atoms with Gasteiger partial charge in [-0.15, -0.1) is 0 Å². The van der Waals surface area contributed by atoms with Crippen molar-refractivity contribution in [2.75, 3.05) is 12.5 Å². The summed E-state index contributed by atoms with van der Waals surface area (Å²) in [6.45, 7) is 0. The molecule has 1 heterocycles. The molecule has 0 aliphatic heterocycles. The topological polar surface area (TPSA) is 129 Å². The minimum atomic E-state index is -0.709. The molecule has 1 aromatic heterocycles. The Morgan fingerprint density at radius 1 is 1.10 bits per heavy atom. The number of nitro groups is 1. The van der Waals surface area contributed by atoms with Crippen LogP contribution in [0.1, 0.15) is 10.4 Å². The van der Waals surface area contributed by atoms with Gasteiger partial charge in [0.25, 0.3) is 5.91 Å². The van der Waals surface area contributed by atoms with Gasteiger partial charge in [0.2, 0.25) is 5.82 Å². The molecule has 11 heteroatoms. The maximum Gasteiger partial charge on any atom is 0.374 e. The van der Waals surface area contributed by atoms with Gasteiger partial charge in [-0.05, 0) is 36.4 Å². The van der Waals surface area contributed by atoms with Crippen molar-refractivity contribution in [3.05, 3.63) is 75.0 Å². The number of ether oxygens (including phenoxy) is 2. The highest BCUT2D eigenvalue weighted by molar-refractivity contribution is 9.10. The highest BCUT2D eigenvalue weighted by Crippen LogP contribution is 2.37. The Kier molecular flexibility index (Phi) is 6.19. The van der Waals surface area contributed by atoms with Crippen LogP contribution in [0.25, 0.3) is 0 Å². The Morgan fingerprint density at radius 3 is 2.45 bits per heavy atom. The molecule has 10 nitrogen and oxygen atoms in total. The number of anilines is 1. The number of hydrazine groups is 1. The summed E-state index contributed by atoms with van der Waals surface area (Å²) in [7, 11) is 1.45. The molecule has 2 aromatic carbocycles. The summed E-state index contributed by atoms with van der Waals surface area (Å²) in [6, 6.07) is 13.2. The molecule has 3 rings (SSSR count). The number of amides is 1. The van der Waals surface area contributed by atoms with Crippen molar-refractivity contribution in [2.45, 2.75) is 0 Å². The zero-order chi connectivity index (χ0) is 20.8. The lowest BCUT2D eigenvalue weighted by molar-refractivity contribution is -0.385. The molecule has 148 valence electrons. The third-order valence-electron chi connectivity index (χ3n) is 3.65. The smallest absolute Gasteiger partial charge is 0.374 e. The Hall–Kier alpha value is -3.73. The van der Waals surface area contributed by atoms with Crippen molar-refractivity contribution in [1.29, 1.82) is 0 Å². The van der Waals surface area contributed by atoms with Crippen LogP contribution in [-0.4, -0.2) is 27.9 Å². The van der Waals surface area contributed by atoms with Gasteiger partial charge in [-0.1, -0.05) is 28.1 Å². The first-order valence-corrected chi connectivity index (χ1v) is 8.91. The molecular weight excluding hydrogens is 446 g/mol. The van der Waals surface area contributed by atoms with Crippen LogP contribution in [0, 0.1) is 10.1 Å². The van der Waals surface area contributed by atoms with Gasteiger partial charge in [0.1, 0.15) is 6.33 Å². The van der Waals surface area contributed by atoms with E-state index in [-0.39, 0.29) is 17.4 Å². The van der Waals surface area contributed by atoms with Crippen LogP contribution in [0.15, 0.2) is 59.3 Å². The molecule has 29 heavy (non-hydrogen) atoms. The molecule has 0 saturated heterocycles. The van der Waals surface area contributed by atoms with E-state index in [9.17, 15) is 14.9 Å². The molecule has 0 saturated carbocycles. The summed E-state index contributed by atoms with van der Waals surface area (Å²) in [5.41, 5.74) is 4.61. The molecule has 0 fully saturated rings. The van der Waals surface area contributed by atoms with E-state index in [4.69, 9.17) is 9.47 Å². The first kappa shape index (κ1) is 20.0. The summed E-state index contributed by atoms with van der Waals surface area (Å²) in [5.74, 6) is -0.437. The summed E-state index contributed by atoms with van der Waals surface area (Å²) in [5, 5.41) is 11.6. The predicted octanol–water partition coefficient (Wildman–Crippen LogP) is 3.71. The van der Waals surface area contributed by atoms with Crippen LogP contribution in [0.4, 0.5) is 11.5 Å². The second-order valence-electron chi connectivity index (χ2n) is 5.47. The number of rotatable bonds is 7. The van der Waals surface area contributed by atoms with Gasteiger partial charge < -0.3 is 9.47 Å². The second kappa shape index (κ2) is 8.97. The maximum absolute atomic E-state index is 12.2. The Labute approximate surface area is 173 Å². The minimum Gasteiger partial charge on any atom is -0.493 e. The van der Waals surface area contributed by atoms with Crippen LogP contribution >= 0.6 is 15.9 Å². The number of aromatic nitrogens is 2. The fourth-order valence-electron chi connectivity index (χ4n) is 2.29. The molecule has 0 radical (unpaired) electrons. The van der Waals surface area contributed by atoms with Crippen molar-refractivity contribution in [3.8, 4) is 17.4 Å². The minimum absolute atomic E-state index is 0.236. The standard InChI is InChI=1S/C18H14BrN5O5/c1-28-13-4-2-3-5-14(13)29-18-15(24(26)27)16(20-10-21-18)22-23-17(25)11-6-8-12(19)9-7-11/h2-10H,1H3,(H,23,25)(H,20,21,22). The van der Waals surface area contributed by atoms with Crippen LogP contribution in [-0.2, 0) is 0 Å². The first-order chi connectivity index (χ1) is 14.0. The average molecular weight is 460 g/mol. The SMILES string of the molecule is COc1ccccc1Oc1ncnc(NNC(=O)c2ccc(Br)cc2)c1[N+](=O)[O-]. The van der Waals surface area contributed by atoms with E-state index >= 15 is 0 Å². The zero-order valence-corrected chi connectivity index (χ0v) is 16.5. The van der Waals surface area contributed by atoms with Crippen molar-refractivity contribution >= 4 is 33.3 Å².